The molecule has 1 amide bonds. The van der Waals surface area contributed by atoms with Crippen molar-refractivity contribution in [1.29, 1.82) is 0 Å². The molecule has 0 radical (unpaired) electrons. The zero-order chi connectivity index (χ0) is 28.9. The van der Waals surface area contributed by atoms with Crippen LogP contribution in [0.15, 0.2) is 89.8 Å². The second kappa shape index (κ2) is 13.5. The summed E-state index contributed by atoms with van der Waals surface area (Å²) in [7, 11) is 0.901. The molecule has 1 aliphatic rings. The second-order valence-corrected chi connectivity index (χ2v) is 13.1. The summed E-state index contributed by atoms with van der Waals surface area (Å²) in [6, 6.07) is 27.9. The Bertz CT molecular complexity index is 1550. The molecule has 0 N–H and O–H groups in total. The van der Waals surface area contributed by atoms with Crippen LogP contribution in [-0.4, -0.2) is 59.4 Å². The Balaban J connectivity index is 1.28. The number of carbonyl (C=O) groups excluding carboxylic acids is 1. The number of hydrogen-bond acceptors (Lipinski definition) is 3. The molecule has 1 aliphatic heterocycles. The van der Waals surface area contributed by atoms with Crippen molar-refractivity contribution in [3.8, 4) is 0 Å². The van der Waals surface area contributed by atoms with Crippen molar-refractivity contribution in [2.45, 2.75) is 36.0 Å². The lowest BCUT2D eigenvalue weighted by Crippen LogP contribution is -2.36. The van der Waals surface area contributed by atoms with Crippen LogP contribution in [-0.2, 0) is 10.8 Å². The van der Waals surface area contributed by atoms with E-state index in [1.807, 2.05) is 84.7 Å². The summed E-state index contributed by atoms with van der Waals surface area (Å²) in [6.45, 7) is 3.49. The number of halogens is 2. The van der Waals surface area contributed by atoms with Crippen molar-refractivity contribution in [1.82, 2.24) is 9.80 Å². The van der Waals surface area contributed by atoms with Gasteiger partial charge in [-0.2, -0.15) is 0 Å². The predicted octanol–water partition coefficient (Wildman–Crippen LogP) is 8.01. The molecule has 1 heterocycles. The van der Waals surface area contributed by atoms with E-state index in [0.29, 0.717) is 28.1 Å². The largest absolute Gasteiger partial charge is 0.341 e. The van der Waals surface area contributed by atoms with Gasteiger partial charge >= 0.3 is 0 Å². The molecular weight excluding hydrogens is 571 g/mol. The molecule has 0 saturated carbocycles. The second-order valence-electron chi connectivity index (χ2n) is 11.0. The van der Waals surface area contributed by atoms with Crippen molar-refractivity contribution in [3.05, 3.63) is 112 Å². The van der Waals surface area contributed by atoms with Gasteiger partial charge in [-0.15, -0.1) is 0 Å². The fraction of sp³-hybridized carbons (Fsp3) is 0.324. The Morgan fingerprint density at radius 3 is 2.41 bits per heavy atom. The van der Waals surface area contributed by atoms with Crippen LogP contribution in [0.5, 0.6) is 0 Å². The van der Waals surface area contributed by atoms with Crippen molar-refractivity contribution in [3.63, 3.8) is 0 Å². The highest BCUT2D eigenvalue weighted by atomic mass is 35.5. The minimum absolute atomic E-state index is 0.0136. The number of carbonyl (C=O) groups is 1. The van der Waals surface area contributed by atoms with Crippen LogP contribution in [0.3, 0.4) is 0 Å². The first-order valence-corrected chi connectivity index (χ1v) is 16.5. The van der Waals surface area contributed by atoms with E-state index in [4.69, 9.17) is 23.2 Å². The van der Waals surface area contributed by atoms with E-state index in [1.165, 1.54) is 5.56 Å². The number of likely N-dealkylation sites (N-methyl/N-ethyl adjacent to an activating group) is 1. The van der Waals surface area contributed by atoms with Gasteiger partial charge in [0.2, 0.25) is 0 Å². The predicted molar refractivity (Wildman–Crippen MR) is 172 cm³/mol. The van der Waals surface area contributed by atoms with E-state index in [-0.39, 0.29) is 11.8 Å². The Morgan fingerprint density at radius 1 is 0.951 bits per heavy atom. The van der Waals surface area contributed by atoms with Crippen molar-refractivity contribution >= 4 is 50.7 Å². The Kier molecular flexibility index (Phi) is 9.82. The molecule has 0 aromatic heterocycles. The minimum atomic E-state index is -0.983. The molecule has 0 aliphatic carbocycles. The number of piperidine rings is 1. The maximum atomic E-state index is 13.6. The summed E-state index contributed by atoms with van der Waals surface area (Å²) in [5.74, 6) is 0.552. The summed E-state index contributed by atoms with van der Waals surface area (Å²) < 4.78 is 12.3. The molecule has 0 bridgehead atoms. The van der Waals surface area contributed by atoms with Crippen LogP contribution in [0.2, 0.25) is 10.0 Å². The lowest BCUT2D eigenvalue weighted by atomic mass is 9.88. The van der Waals surface area contributed by atoms with Crippen LogP contribution < -0.4 is 0 Å². The number of fused-ring (bicyclic) bond motifs is 1. The first-order chi connectivity index (χ1) is 19.8. The number of rotatable bonds is 9. The molecule has 4 aromatic carbocycles. The standard InChI is InChI=1S/C34H36Cl2N2O2S/c1-37(34(39)30-12-7-9-24-8-3-4-10-28(24)30)23-27(26-14-15-31(35)32(36)22-26)18-21-38-19-16-25(17-20-38)29-11-5-6-13-33(29)41(2)40/h3-15,22,25,27H,16-21,23H2,1-2H3/t27-,41?/m1/s1. The smallest absolute Gasteiger partial charge is 0.254 e. The minimum Gasteiger partial charge on any atom is -0.341 e. The Labute approximate surface area is 255 Å². The van der Waals surface area contributed by atoms with Gasteiger partial charge in [0.1, 0.15) is 0 Å². The molecule has 1 unspecified atom stereocenters. The van der Waals surface area contributed by atoms with E-state index in [9.17, 15) is 9.00 Å². The first kappa shape index (κ1) is 29.8. The molecule has 0 spiro atoms. The van der Waals surface area contributed by atoms with E-state index in [1.54, 1.807) is 6.26 Å². The molecule has 5 rings (SSSR count). The molecule has 4 nitrogen and oxygen atoms in total. The van der Waals surface area contributed by atoms with Crippen molar-refractivity contribution in [2.75, 3.05) is 39.5 Å². The summed E-state index contributed by atoms with van der Waals surface area (Å²) in [5, 5.41) is 3.09. The Hall–Kier alpha value is -2.70. The lowest BCUT2D eigenvalue weighted by molar-refractivity contribution is 0.0783. The highest BCUT2D eigenvalue weighted by molar-refractivity contribution is 7.84. The van der Waals surface area contributed by atoms with Gasteiger partial charge in [-0.25, -0.2) is 0 Å². The van der Waals surface area contributed by atoms with Gasteiger partial charge in [-0.1, -0.05) is 83.9 Å². The first-order valence-electron chi connectivity index (χ1n) is 14.1. The third-order valence-electron chi connectivity index (χ3n) is 8.33. The van der Waals surface area contributed by atoms with Crippen LogP contribution in [0.4, 0.5) is 0 Å². The van der Waals surface area contributed by atoms with Crippen LogP contribution in [0.25, 0.3) is 10.8 Å². The molecule has 214 valence electrons. The maximum Gasteiger partial charge on any atom is 0.254 e. The molecule has 41 heavy (non-hydrogen) atoms. The molecule has 2 atom stereocenters. The average Bonchev–Trinajstić information content (AvgIpc) is 3.00. The fourth-order valence-electron chi connectivity index (χ4n) is 6.05. The average molecular weight is 608 g/mol. The molecule has 1 saturated heterocycles. The summed E-state index contributed by atoms with van der Waals surface area (Å²) >= 11 is 12.7. The third kappa shape index (κ3) is 7.03. The number of hydrogen-bond donors (Lipinski definition) is 0. The van der Waals surface area contributed by atoms with E-state index >= 15 is 0 Å². The molecule has 1 fully saturated rings. The number of nitrogens with zero attached hydrogens (tertiary/aromatic N) is 2. The zero-order valence-electron chi connectivity index (χ0n) is 23.6. The quantitative estimate of drug-likeness (QED) is 0.194. The topological polar surface area (TPSA) is 40.6 Å². The van der Waals surface area contributed by atoms with Crippen LogP contribution in [0, 0.1) is 0 Å². The lowest BCUT2D eigenvalue weighted by Gasteiger charge is -2.34. The normalized spacial score (nSPS) is 16.0. The van der Waals surface area contributed by atoms with Gasteiger partial charge in [0.15, 0.2) is 0 Å². The van der Waals surface area contributed by atoms with Gasteiger partial charge in [-0.05, 0) is 91.0 Å². The molecule has 7 heteroatoms. The number of likely N-dealkylation sites (tertiary alicyclic amines) is 1. The van der Waals surface area contributed by atoms with Crippen molar-refractivity contribution < 1.29 is 9.00 Å². The van der Waals surface area contributed by atoms with Crippen LogP contribution in [0.1, 0.15) is 52.6 Å². The van der Waals surface area contributed by atoms with Gasteiger partial charge in [0, 0.05) is 36.2 Å². The summed E-state index contributed by atoms with van der Waals surface area (Å²) in [4.78, 5) is 19.0. The number of benzene rings is 4. The fourth-order valence-corrected chi connectivity index (χ4v) is 7.19. The summed E-state index contributed by atoms with van der Waals surface area (Å²) in [5.41, 5.74) is 3.04. The zero-order valence-corrected chi connectivity index (χ0v) is 25.9. The van der Waals surface area contributed by atoms with E-state index in [2.05, 4.69) is 17.0 Å². The maximum absolute atomic E-state index is 13.6. The summed E-state index contributed by atoms with van der Waals surface area (Å²) in [6.07, 6.45) is 4.75. The van der Waals surface area contributed by atoms with Crippen LogP contribution >= 0.6 is 23.2 Å². The third-order valence-corrected chi connectivity index (χ3v) is 10.1. The van der Waals surface area contributed by atoms with E-state index < -0.39 is 10.8 Å². The van der Waals surface area contributed by atoms with E-state index in [0.717, 1.165) is 60.1 Å². The van der Waals surface area contributed by atoms with Gasteiger partial charge in [0.25, 0.3) is 5.91 Å². The molecule has 4 aromatic rings. The molecular formula is C34H36Cl2N2O2S. The Morgan fingerprint density at radius 2 is 1.66 bits per heavy atom. The monoisotopic (exact) mass is 606 g/mol. The SMILES string of the molecule is CN(C[C@@H](CCN1CCC(c2ccccc2S(C)=O)CC1)c1ccc(Cl)c(Cl)c1)C(=O)c1cccc2ccccc12. The highest BCUT2D eigenvalue weighted by Gasteiger charge is 2.25. The number of amides is 1. The van der Waals surface area contributed by atoms with Gasteiger partial charge < -0.3 is 9.80 Å². The van der Waals surface area contributed by atoms with Gasteiger partial charge in [0.05, 0.1) is 20.8 Å². The van der Waals surface area contributed by atoms with Crippen molar-refractivity contribution in [2.24, 2.45) is 0 Å². The van der Waals surface area contributed by atoms with Gasteiger partial charge in [-0.3, -0.25) is 9.00 Å². The highest BCUT2D eigenvalue weighted by Crippen LogP contribution is 2.33.